The number of carbonyl (C=O) groups excluding carboxylic acids is 1. The van der Waals surface area contributed by atoms with Gasteiger partial charge in [0.15, 0.2) is 0 Å². The Balaban J connectivity index is 2.57. The van der Waals surface area contributed by atoms with Crippen molar-refractivity contribution in [3.05, 3.63) is 35.6 Å². The van der Waals surface area contributed by atoms with Crippen molar-refractivity contribution in [3.63, 3.8) is 0 Å². The number of hydrogen-bond acceptors (Lipinski definition) is 2. The zero-order valence-corrected chi connectivity index (χ0v) is 7.83. The molecule has 0 saturated carbocycles. The summed E-state index contributed by atoms with van der Waals surface area (Å²) in [5.41, 5.74) is 0.382. The number of carbonyl (C=O) groups is 1. The largest absolute Gasteiger partial charge is 0.392 e. The second-order valence-electron chi connectivity index (χ2n) is 3.07. The van der Waals surface area contributed by atoms with Gasteiger partial charge in [0.2, 0.25) is 0 Å². The van der Waals surface area contributed by atoms with Gasteiger partial charge in [-0.15, -0.1) is 0 Å². The van der Waals surface area contributed by atoms with Crippen molar-refractivity contribution in [3.8, 4) is 0 Å². The average Bonchev–Trinajstić information content (AvgIpc) is 2.15. The summed E-state index contributed by atoms with van der Waals surface area (Å²) in [6.07, 6.45) is -0.584. The average molecular weight is 197 g/mol. The summed E-state index contributed by atoms with van der Waals surface area (Å²) in [6.45, 7) is 1.77. The Morgan fingerprint density at radius 2 is 2.07 bits per heavy atom. The smallest absolute Gasteiger partial charge is 0.251 e. The molecular formula is C10H12FNO2. The van der Waals surface area contributed by atoms with Gasteiger partial charge in [-0.25, -0.2) is 4.39 Å². The van der Waals surface area contributed by atoms with Gasteiger partial charge >= 0.3 is 0 Å². The number of benzene rings is 1. The van der Waals surface area contributed by atoms with Crippen molar-refractivity contribution in [1.29, 1.82) is 0 Å². The lowest BCUT2D eigenvalue weighted by molar-refractivity contribution is 0.0924. The van der Waals surface area contributed by atoms with E-state index in [-0.39, 0.29) is 18.3 Å². The molecule has 0 aliphatic carbocycles. The molecule has 76 valence electrons. The fourth-order valence-electron chi connectivity index (χ4n) is 0.944. The molecule has 0 spiro atoms. The number of aliphatic hydroxyl groups is 1. The zero-order valence-electron chi connectivity index (χ0n) is 7.83. The minimum atomic E-state index is -0.584. The van der Waals surface area contributed by atoms with E-state index in [4.69, 9.17) is 5.11 Å². The third kappa shape index (κ3) is 3.14. The Bertz CT molecular complexity index is 308. The Morgan fingerprint density at radius 1 is 1.50 bits per heavy atom. The Hall–Kier alpha value is -1.42. The van der Waals surface area contributed by atoms with Gasteiger partial charge in [-0.3, -0.25) is 4.79 Å². The van der Waals surface area contributed by atoms with Crippen molar-refractivity contribution < 1.29 is 14.3 Å². The Morgan fingerprint density at radius 3 is 2.57 bits per heavy atom. The highest BCUT2D eigenvalue weighted by Gasteiger charge is 2.05. The normalized spacial score (nSPS) is 12.2. The van der Waals surface area contributed by atoms with Crippen molar-refractivity contribution >= 4 is 5.91 Å². The molecule has 0 bridgehead atoms. The number of aliphatic hydroxyl groups excluding tert-OH is 1. The third-order valence-electron chi connectivity index (χ3n) is 1.66. The standard InChI is InChI=1S/C10H12FNO2/c1-7(13)6-12-10(14)8-2-4-9(11)5-3-8/h2-5,7,13H,6H2,1H3,(H,12,14)/t7-/m0/s1. The van der Waals surface area contributed by atoms with Crippen molar-refractivity contribution in [1.82, 2.24) is 5.32 Å². The van der Waals surface area contributed by atoms with E-state index in [1.165, 1.54) is 24.3 Å². The van der Waals surface area contributed by atoms with Gasteiger partial charge in [0.05, 0.1) is 6.10 Å². The third-order valence-corrected chi connectivity index (χ3v) is 1.66. The van der Waals surface area contributed by atoms with E-state index in [2.05, 4.69) is 5.32 Å². The summed E-state index contributed by atoms with van der Waals surface area (Å²) in [5, 5.41) is 11.4. The van der Waals surface area contributed by atoms with E-state index < -0.39 is 6.10 Å². The van der Waals surface area contributed by atoms with Gasteiger partial charge in [0.25, 0.3) is 5.91 Å². The van der Waals surface area contributed by atoms with Crippen LogP contribution in [0.2, 0.25) is 0 Å². The lowest BCUT2D eigenvalue weighted by atomic mass is 10.2. The predicted molar refractivity (Wildman–Crippen MR) is 50.4 cm³/mol. The Kier molecular flexibility index (Phi) is 3.59. The molecule has 1 atom stereocenters. The van der Waals surface area contributed by atoms with Crippen LogP contribution in [0.25, 0.3) is 0 Å². The van der Waals surface area contributed by atoms with Crippen LogP contribution in [0.5, 0.6) is 0 Å². The van der Waals surface area contributed by atoms with Crippen LogP contribution in [0.4, 0.5) is 4.39 Å². The first kappa shape index (κ1) is 10.7. The maximum Gasteiger partial charge on any atom is 0.251 e. The molecule has 0 fully saturated rings. The number of amides is 1. The number of rotatable bonds is 3. The minimum Gasteiger partial charge on any atom is -0.392 e. The molecular weight excluding hydrogens is 185 g/mol. The second-order valence-corrected chi connectivity index (χ2v) is 3.07. The molecule has 3 nitrogen and oxygen atoms in total. The zero-order chi connectivity index (χ0) is 10.6. The van der Waals surface area contributed by atoms with Crippen LogP contribution in [0.15, 0.2) is 24.3 Å². The Labute approximate surface area is 81.6 Å². The molecule has 0 aromatic heterocycles. The summed E-state index contributed by atoms with van der Waals surface area (Å²) in [5.74, 6) is -0.692. The number of nitrogens with one attached hydrogen (secondary N) is 1. The van der Waals surface area contributed by atoms with Crippen molar-refractivity contribution in [2.45, 2.75) is 13.0 Å². The molecule has 1 amide bonds. The van der Waals surface area contributed by atoms with Crippen molar-refractivity contribution in [2.75, 3.05) is 6.54 Å². The van der Waals surface area contributed by atoms with Crippen LogP contribution in [0, 0.1) is 5.82 Å². The first-order chi connectivity index (χ1) is 6.59. The molecule has 1 aromatic carbocycles. The molecule has 0 aliphatic rings. The molecule has 4 heteroatoms. The fourth-order valence-corrected chi connectivity index (χ4v) is 0.944. The van der Waals surface area contributed by atoms with Gasteiger partial charge in [-0.05, 0) is 31.2 Å². The van der Waals surface area contributed by atoms with Gasteiger partial charge in [-0.1, -0.05) is 0 Å². The quantitative estimate of drug-likeness (QED) is 0.757. The van der Waals surface area contributed by atoms with Crippen LogP contribution >= 0.6 is 0 Å². The maximum absolute atomic E-state index is 12.5. The van der Waals surface area contributed by atoms with E-state index in [9.17, 15) is 9.18 Å². The van der Waals surface area contributed by atoms with Gasteiger partial charge in [0.1, 0.15) is 5.82 Å². The van der Waals surface area contributed by atoms with Crippen LogP contribution in [0.3, 0.4) is 0 Å². The summed E-state index contributed by atoms with van der Waals surface area (Å²) in [6, 6.07) is 5.23. The van der Waals surface area contributed by atoms with Crippen LogP contribution < -0.4 is 5.32 Å². The SMILES string of the molecule is C[C@H](O)CNC(=O)c1ccc(F)cc1. The molecule has 1 rings (SSSR count). The van der Waals surface area contributed by atoms with E-state index >= 15 is 0 Å². The van der Waals surface area contributed by atoms with Gasteiger partial charge in [-0.2, -0.15) is 0 Å². The second kappa shape index (κ2) is 4.72. The molecule has 0 heterocycles. The number of halogens is 1. The maximum atomic E-state index is 12.5. The fraction of sp³-hybridized carbons (Fsp3) is 0.300. The summed E-state index contributed by atoms with van der Waals surface area (Å²) >= 11 is 0. The predicted octanol–water partition coefficient (Wildman–Crippen LogP) is 0.936. The summed E-state index contributed by atoms with van der Waals surface area (Å²) in [7, 11) is 0. The summed E-state index contributed by atoms with van der Waals surface area (Å²) in [4.78, 5) is 11.3. The van der Waals surface area contributed by atoms with E-state index in [0.717, 1.165) is 0 Å². The van der Waals surface area contributed by atoms with Crippen molar-refractivity contribution in [2.24, 2.45) is 0 Å². The molecule has 0 radical (unpaired) electrons. The van der Waals surface area contributed by atoms with Crippen LogP contribution in [0.1, 0.15) is 17.3 Å². The molecule has 2 N–H and O–H groups in total. The number of hydrogen-bond donors (Lipinski definition) is 2. The van der Waals surface area contributed by atoms with E-state index in [1.54, 1.807) is 6.92 Å². The highest BCUT2D eigenvalue weighted by atomic mass is 19.1. The van der Waals surface area contributed by atoms with E-state index in [1.807, 2.05) is 0 Å². The van der Waals surface area contributed by atoms with Gasteiger partial charge < -0.3 is 10.4 Å². The molecule has 1 aromatic rings. The monoisotopic (exact) mass is 197 g/mol. The lowest BCUT2D eigenvalue weighted by Gasteiger charge is -2.06. The topological polar surface area (TPSA) is 49.3 Å². The molecule has 0 aliphatic heterocycles. The molecule has 0 saturated heterocycles. The lowest BCUT2D eigenvalue weighted by Crippen LogP contribution is -2.30. The van der Waals surface area contributed by atoms with Gasteiger partial charge in [0, 0.05) is 12.1 Å². The molecule has 0 unspecified atom stereocenters. The highest BCUT2D eigenvalue weighted by Crippen LogP contribution is 2.02. The van der Waals surface area contributed by atoms with Crippen LogP contribution in [-0.4, -0.2) is 23.7 Å². The minimum absolute atomic E-state index is 0.191. The first-order valence-corrected chi connectivity index (χ1v) is 4.31. The molecule has 14 heavy (non-hydrogen) atoms. The summed E-state index contributed by atoms with van der Waals surface area (Å²) < 4.78 is 12.5. The highest BCUT2D eigenvalue weighted by molar-refractivity contribution is 5.94. The van der Waals surface area contributed by atoms with Crippen LogP contribution in [-0.2, 0) is 0 Å². The first-order valence-electron chi connectivity index (χ1n) is 4.31. The van der Waals surface area contributed by atoms with E-state index in [0.29, 0.717) is 5.56 Å².